The molecule has 3 rings (SSSR count). The molecule has 1 heterocycles. The second-order valence-electron chi connectivity index (χ2n) is 8.25. The van der Waals surface area contributed by atoms with E-state index in [4.69, 9.17) is 14.2 Å². The number of amides is 1. The monoisotopic (exact) mass is 435 g/mol. The van der Waals surface area contributed by atoms with E-state index in [9.17, 15) is 4.79 Å². The summed E-state index contributed by atoms with van der Waals surface area (Å²) in [6, 6.07) is 18.9. The number of benzene rings is 2. The van der Waals surface area contributed by atoms with Gasteiger partial charge in [-0.25, -0.2) is 0 Å². The molecule has 0 aliphatic rings. The van der Waals surface area contributed by atoms with Crippen LogP contribution in [0.4, 0.5) is 0 Å². The highest BCUT2D eigenvalue weighted by Crippen LogP contribution is 2.24. The smallest absolute Gasteiger partial charge is 0.258 e. The Kier molecular flexibility index (Phi) is 7.65. The van der Waals surface area contributed by atoms with Crippen molar-refractivity contribution in [2.45, 2.75) is 26.2 Å². The lowest BCUT2D eigenvalue weighted by molar-refractivity contribution is -0.123. The van der Waals surface area contributed by atoms with Gasteiger partial charge in [0.15, 0.2) is 6.61 Å². The Bertz CT molecular complexity index is 995. The van der Waals surface area contributed by atoms with Crippen molar-refractivity contribution in [3.05, 3.63) is 66.2 Å². The summed E-state index contributed by atoms with van der Waals surface area (Å²) in [5.41, 5.74) is 2.97. The number of carbonyl (C=O) groups excluding carboxylic acids is 1. The van der Waals surface area contributed by atoms with Crippen LogP contribution in [0.25, 0.3) is 11.3 Å². The zero-order valence-electron chi connectivity index (χ0n) is 18.9. The SMILES string of the molecule is COc1ccc(-c2ccc(OCCNC(=O)COc3ccc(C(C)(C)C)cc3)nn2)cc1. The van der Waals surface area contributed by atoms with E-state index in [-0.39, 0.29) is 24.5 Å². The van der Waals surface area contributed by atoms with Crippen LogP contribution in [-0.4, -0.2) is 43.0 Å². The molecule has 0 spiro atoms. The van der Waals surface area contributed by atoms with E-state index < -0.39 is 0 Å². The van der Waals surface area contributed by atoms with Crippen LogP contribution in [0, 0.1) is 0 Å². The highest BCUT2D eigenvalue weighted by Gasteiger charge is 2.13. The Labute approximate surface area is 188 Å². The normalized spacial score (nSPS) is 11.0. The average Bonchev–Trinajstić information content (AvgIpc) is 2.81. The summed E-state index contributed by atoms with van der Waals surface area (Å²) in [6.45, 7) is 7.03. The molecule has 168 valence electrons. The second kappa shape index (κ2) is 10.6. The maximum atomic E-state index is 12.0. The molecule has 1 amide bonds. The molecule has 0 unspecified atom stereocenters. The fourth-order valence-electron chi connectivity index (χ4n) is 2.91. The molecule has 1 aromatic heterocycles. The van der Waals surface area contributed by atoms with E-state index in [0.717, 1.165) is 17.0 Å². The third-order valence-corrected chi connectivity index (χ3v) is 4.79. The molecule has 0 aliphatic heterocycles. The van der Waals surface area contributed by atoms with Gasteiger partial charge in [-0.15, -0.1) is 10.2 Å². The summed E-state index contributed by atoms with van der Waals surface area (Å²) in [5, 5.41) is 11.0. The van der Waals surface area contributed by atoms with Gasteiger partial charge < -0.3 is 19.5 Å². The van der Waals surface area contributed by atoms with Crippen molar-refractivity contribution in [3.8, 4) is 28.6 Å². The Morgan fingerprint density at radius 2 is 1.56 bits per heavy atom. The molecule has 0 fully saturated rings. The number of methoxy groups -OCH3 is 1. The second-order valence-corrected chi connectivity index (χ2v) is 8.25. The molecular formula is C25H29N3O4. The fourth-order valence-corrected chi connectivity index (χ4v) is 2.91. The number of hydrogen-bond donors (Lipinski definition) is 1. The molecule has 1 N–H and O–H groups in total. The Morgan fingerprint density at radius 1 is 0.875 bits per heavy atom. The van der Waals surface area contributed by atoms with Crippen LogP contribution in [-0.2, 0) is 10.2 Å². The number of nitrogens with one attached hydrogen (secondary N) is 1. The third-order valence-electron chi connectivity index (χ3n) is 4.79. The molecule has 0 saturated heterocycles. The van der Waals surface area contributed by atoms with Crippen molar-refractivity contribution >= 4 is 5.91 Å². The predicted octanol–water partition coefficient (Wildman–Crippen LogP) is 4.02. The first-order valence-electron chi connectivity index (χ1n) is 10.5. The van der Waals surface area contributed by atoms with Gasteiger partial charge in [0.1, 0.15) is 18.1 Å². The van der Waals surface area contributed by atoms with Gasteiger partial charge >= 0.3 is 0 Å². The first-order valence-corrected chi connectivity index (χ1v) is 10.5. The lowest BCUT2D eigenvalue weighted by Gasteiger charge is -2.19. The Morgan fingerprint density at radius 3 is 2.16 bits per heavy atom. The van der Waals surface area contributed by atoms with Crippen LogP contribution in [0.5, 0.6) is 17.4 Å². The molecule has 0 aliphatic carbocycles. The summed E-state index contributed by atoms with van der Waals surface area (Å²) < 4.78 is 16.2. The summed E-state index contributed by atoms with van der Waals surface area (Å²) >= 11 is 0. The first kappa shape index (κ1) is 23.1. The predicted molar refractivity (Wildman–Crippen MR) is 123 cm³/mol. The summed E-state index contributed by atoms with van der Waals surface area (Å²) in [5.74, 6) is 1.63. The largest absolute Gasteiger partial charge is 0.497 e. The molecule has 3 aromatic rings. The van der Waals surface area contributed by atoms with E-state index >= 15 is 0 Å². The lowest BCUT2D eigenvalue weighted by atomic mass is 9.87. The van der Waals surface area contributed by atoms with Crippen LogP contribution in [0.1, 0.15) is 26.3 Å². The number of rotatable bonds is 9. The van der Waals surface area contributed by atoms with Crippen molar-refractivity contribution in [2.75, 3.05) is 26.9 Å². The Hall–Kier alpha value is -3.61. The van der Waals surface area contributed by atoms with Gasteiger partial charge in [0, 0.05) is 11.6 Å². The van der Waals surface area contributed by atoms with Crippen LogP contribution < -0.4 is 19.5 Å². The van der Waals surface area contributed by atoms with Gasteiger partial charge in [0.25, 0.3) is 5.91 Å². The molecule has 7 nitrogen and oxygen atoms in total. The standard InChI is InChI=1S/C25H29N3O4/c1-25(2,3)19-7-11-21(12-8-19)32-17-23(29)26-15-16-31-24-14-13-22(27-28-24)18-5-9-20(30-4)10-6-18/h5-14H,15-17H2,1-4H3,(H,26,29). The molecule has 0 atom stereocenters. The minimum absolute atomic E-state index is 0.0504. The minimum atomic E-state index is -0.213. The maximum absolute atomic E-state index is 12.0. The first-order chi connectivity index (χ1) is 15.3. The van der Waals surface area contributed by atoms with Crippen LogP contribution in [0.15, 0.2) is 60.7 Å². The molecule has 32 heavy (non-hydrogen) atoms. The van der Waals surface area contributed by atoms with Gasteiger partial charge in [0.05, 0.1) is 19.3 Å². The molecule has 0 saturated carbocycles. The van der Waals surface area contributed by atoms with Crippen molar-refractivity contribution < 1.29 is 19.0 Å². The number of carbonyl (C=O) groups is 1. The minimum Gasteiger partial charge on any atom is -0.497 e. The molecule has 2 aromatic carbocycles. The fraction of sp³-hybridized carbons (Fsp3) is 0.320. The lowest BCUT2D eigenvalue weighted by Crippen LogP contribution is -2.32. The molecular weight excluding hydrogens is 406 g/mol. The Balaban J connectivity index is 1.37. The van der Waals surface area contributed by atoms with E-state index in [1.807, 2.05) is 54.6 Å². The van der Waals surface area contributed by atoms with E-state index in [1.54, 1.807) is 13.2 Å². The van der Waals surface area contributed by atoms with E-state index in [1.165, 1.54) is 5.56 Å². The van der Waals surface area contributed by atoms with Crippen LogP contribution in [0.3, 0.4) is 0 Å². The summed E-state index contributed by atoms with van der Waals surface area (Å²) in [4.78, 5) is 12.0. The van der Waals surface area contributed by atoms with E-state index in [2.05, 4.69) is 36.3 Å². The summed E-state index contributed by atoms with van der Waals surface area (Å²) in [7, 11) is 1.63. The zero-order valence-corrected chi connectivity index (χ0v) is 18.9. The third kappa shape index (κ3) is 6.70. The highest BCUT2D eigenvalue weighted by molar-refractivity contribution is 5.77. The summed E-state index contributed by atoms with van der Waals surface area (Å²) in [6.07, 6.45) is 0. The topological polar surface area (TPSA) is 82.6 Å². The van der Waals surface area contributed by atoms with E-state index in [0.29, 0.717) is 18.2 Å². The van der Waals surface area contributed by atoms with Crippen molar-refractivity contribution in [3.63, 3.8) is 0 Å². The number of hydrogen-bond acceptors (Lipinski definition) is 6. The zero-order chi connectivity index (χ0) is 23.0. The van der Waals surface area contributed by atoms with Crippen LogP contribution in [0.2, 0.25) is 0 Å². The molecule has 7 heteroatoms. The number of ether oxygens (including phenoxy) is 3. The van der Waals surface area contributed by atoms with Crippen molar-refractivity contribution in [1.82, 2.24) is 15.5 Å². The van der Waals surface area contributed by atoms with Crippen molar-refractivity contribution in [2.24, 2.45) is 0 Å². The average molecular weight is 436 g/mol. The highest BCUT2D eigenvalue weighted by atomic mass is 16.5. The van der Waals surface area contributed by atoms with Gasteiger partial charge in [0.2, 0.25) is 5.88 Å². The van der Waals surface area contributed by atoms with Gasteiger partial charge in [-0.3, -0.25) is 4.79 Å². The van der Waals surface area contributed by atoms with Gasteiger partial charge in [-0.2, -0.15) is 0 Å². The van der Waals surface area contributed by atoms with Gasteiger partial charge in [-0.1, -0.05) is 32.9 Å². The number of nitrogens with zero attached hydrogens (tertiary/aromatic N) is 2. The molecule has 0 bridgehead atoms. The van der Waals surface area contributed by atoms with Crippen molar-refractivity contribution in [1.29, 1.82) is 0 Å². The van der Waals surface area contributed by atoms with Crippen LogP contribution >= 0.6 is 0 Å². The quantitative estimate of drug-likeness (QED) is 0.511. The maximum Gasteiger partial charge on any atom is 0.258 e. The number of aromatic nitrogens is 2. The molecule has 0 radical (unpaired) electrons. The van der Waals surface area contributed by atoms with Gasteiger partial charge in [-0.05, 0) is 53.4 Å².